The molecular formula is C14H17FN2OS. The Morgan fingerprint density at radius 1 is 1.42 bits per heavy atom. The molecule has 19 heavy (non-hydrogen) atoms. The van der Waals surface area contributed by atoms with E-state index in [-0.39, 0.29) is 11.9 Å². The van der Waals surface area contributed by atoms with Gasteiger partial charge in [0.2, 0.25) is 0 Å². The van der Waals surface area contributed by atoms with Gasteiger partial charge in [0.05, 0.1) is 10.6 Å². The summed E-state index contributed by atoms with van der Waals surface area (Å²) in [5, 5.41) is 0.464. The van der Waals surface area contributed by atoms with Crippen molar-refractivity contribution < 1.29 is 8.81 Å². The lowest BCUT2D eigenvalue weighted by Gasteiger charge is -2.10. The lowest BCUT2D eigenvalue weighted by molar-refractivity contribution is 0.430. The molecule has 0 saturated heterocycles. The van der Waals surface area contributed by atoms with E-state index in [0.29, 0.717) is 16.5 Å². The van der Waals surface area contributed by atoms with Gasteiger partial charge in [-0.3, -0.25) is 0 Å². The zero-order valence-electron chi connectivity index (χ0n) is 11.2. The standard InChI is InChI=1S/C14H17FN2OS/c1-8(16)7-11-5-4-6-12(15)13(11)19-14-17-9(2)10(3)18-14/h4-6,8H,7,16H2,1-3H3. The first-order valence-electron chi connectivity index (χ1n) is 6.12. The molecule has 0 spiro atoms. The number of aromatic nitrogens is 1. The molecule has 1 aromatic carbocycles. The number of benzene rings is 1. The number of aryl methyl sites for hydroxylation is 2. The Kier molecular flexibility index (Phi) is 4.27. The first kappa shape index (κ1) is 14.1. The minimum Gasteiger partial charge on any atom is -0.436 e. The molecule has 1 heterocycles. The van der Waals surface area contributed by atoms with Gasteiger partial charge in [-0.15, -0.1) is 0 Å². The first-order chi connectivity index (χ1) is 8.97. The van der Waals surface area contributed by atoms with E-state index in [0.717, 1.165) is 17.0 Å². The Hall–Kier alpha value is -1.33. The average Bonchev–Trinajstić information content (AvgIpc) is 2.62. The van der Waals surface area contributed by atoms with Crippen molar-refractivity contribution in [3.8, 4) is 0 Å². The van der Waals surface area contributed by atoms with Crippen LogP contribution in [0.2, 0.25) is 0 Å². The Bertz CT molecular complexity index is 561. The van der Waals surface area contributed by atoms with Crippen LogP contribution in [0.15, 0.2) is 32.7 Å². The lowest BCUT2D eigenvalue weighted by Crippen LogP contribution is -2.18. The number of hydrogen-bond donors (Lipinski definition) is 1. The highest BCUT2D eigenvalue weighted by molar-refractivity contribution is 7.99. The van der Waals surface area contributed by atoms with Crippen LogP contribution in [-0.2, 0) is 6.42 Å². The quantitative estimate of drug-likeness (QED) is 0.931. The van der Waals surface area contributed by atoms with Gasteiger partial charge in [0.25, 0.3) is 5.22 Å². The van der Waals surface area contributed by atoms with Crippen LogP contribution in [-0.4, -0.2) is 11.0 Å². The summed E-state index contributed by atoms with van der Waals surface area (Å²) < 4.78 is 19.4. The van der Waals surface area contributed by atoms with Crippen LogP contribution in [0.4, 0.5) is 4.39 Å². The third-order valence-electron chi connectivity index (χ3n) is 2.79. The maximum Gasteiger partial charge on any atom is 0.261 e. The molecule has 0 radical (unpaired) electrons. The van der Waals surface area contributed by atoms with Crippen molar-refractivity contribution in [2.24, 2.45) is 5.73 Å². The van der Waals surface area contributed by atoms with Gasteiger partial charge in [-0.1, -0.05) is 12.1 Å². The summed E-state index contributed by atoms with van der Waals surface area (Å²) in [5.41, 5.74) is 7.50. The molecule has 0 fully saturated rings. The fraction of sp³-hybridized carbons (Fsp3) is 0.357. The largest absolute Gasteiger partial charge is 0.436 e. The molecule has 3 nitrogen and oxygen atoms in total. The zero-order valence-corrected chi connectivity index (χ0v) is 12.1. The van der Waals surface area contributed by atoms with Gasteiger partial charge < -0.3 is 10.2 Å². The van der Waals surface area contributed by atoms with E-state index in [4.69, 9.17) is 10.2 Å². The molecule has 2 aromatic rings. The van der Waals surface area contributed by atoms with E-state index >= 15 is 0 Å². The summed E-state index contributed by atoms with van der Waals surface area (Å²) in [4.78, 5) is 4.81. The number of nitrogens with two attached hydrogens (primary N) is 1. The first-order valence-corrected chi connectivity index (χ1v) is 6.94. The molecule has 0 amide bonds. The van der Waals surface area contributed by atoms with E-state index in [9.17, 15) is 4.39 Å². The summed E-state index contributed by atoms with van der Waals surface area (Å²) in [6, 6.07) is 5.00. The van der Waals surface area contributed by atoms with Crippen molar-refractivity contribution in [1.82, 2.24) is 4.98 Å². The van der Waals surface area contributed by atoms with Crippen molar-refractivity contribution in [3.05, 3.63) is 41.0 Å². The molecule has 5 heteroatoms. The fourth-order valence-electron chi connectivity index (χ4n) is 1.75. The Morgan fingerprint density at radius 3 is 2.74 bits per heavy atom. The molecule has 102 valence electrons. The number of rotatable bonds is 4. The van der Waals surface area contributed by atoms with Crippen LogP contribution >= 0.6 is 11.8 Å². The van der Waals surface area contributed by atoms with Gasteiger partial charge in [-0.05, 0) is 50.6 Å². The number of halogens is 1. The highest BCUT2D eigenvalue weighted by Crippen LogP contribution is 2.33. The van der Waals surface area contributed by atoms with Crippen LogP contribution in [0.5, 0.6) is 0 Å². The third-order valence-corrected chi connectivity index (χ3v) is 3.80. The Morgan fingerprint density at radius 2 is 2.16 bits per heavy atom. The van der Waals surface area contributed by atoms with Crippen LogP contribution in [0.1, 0.15) is 23.9 Å². The minimum atomic E-state index is -0.267. The van der Waals surface area contributed by atoms with Crippen molar-refractivity contribution in [3.63, 3.8) is 0 Å². The average molecular weight is 280 g/mol. The van der Waals surface area contributed by atoms with Gasteiger partial charge in [-0.2, -0.15) is 0 Å². The molecule has 1 unspecified atom stereocenters. The topological polar surface area (TPSA) is 52.0 Å². The predicted octanol–water partition coefficient (Wildman–Crippen LogP) is 3.47. The maximum atomic E-state index is 14.0. The monoisotopic (exact) mass is 280 g/mol. The normalized spacial score (nSPS) is 12.7. The maximum absolute atomic E-state index is 14.0. The molecule has 2 N–H and O–H groups in total. The van der Waals surface area contributed by atoms with Crippen LogP contribution in [0.25, 0.3) is 0 Å². The summed E-state index contributed by atoms with van der Waals surface area (Å²) in [6.45, 7) is 5.61. The van der Waals surface area contributed by atoms with E-state index < -0.39 is 0 Å². The summed E-state index contributed by atoms with van der Waals surface area (Å²) in [5.74, 6) is 0.490. The van der Waals surface area contributed by atoms with Gasteiger partial charge in [0, 0.05) is 6.04 Å². The van der Waals surface area contributed by atoms with Gasteiger partial charge in [0.1, 0.15) is 11.6 Å². The second kappa shape index (κ2) is 5.75. The predicted molar refractivity (Wildman–Crippen MR) is 73.9 cm³/mol. The molecule has 0 bridgehead atoms. The van der Waals surface area contributed by atoms with Crippen molar-refractivity contribution >= 4 is 11.8 Å². The minimum absolute atomic E-state index is 0.0193. The van der Waals surface area contributed by atoms with Crippen LogP contribution < -0.4 is 5.73 Å². The molecule has 0 aliphatic heterocycles. The number of oxazole rings is 1. The highest BCUT2D eigenvalue weighted by Gasteiger charge is 2.15. The molecule has 0 aliphatic rings. The molecule has 0 saturated carbocycles. The Labute approximate surface area is 116 Å². The van der Waals surface area contributed by atoms with E-state index in [2.05, 4.69) is 4.98 Å². The van der Waals surface area contributed by atoms with Crippen LogP contribution in [0, 0.1) is 19.7 Å². The second-order valence-electron chi connectivity index (χ2n) is 4.63. The smallest absolute Gasteiger partial charge is 0.261 e. The van der Waals surface area contributed by atoms with E-state index in [1.54, 1.807) is 6.07 Å². The zero-order chi connectivity index (χ0) is 14.0. The van der Waals surface area contributed by atoms with Crippen molar-refractivity contribution in [2.45, 2.75) is 43.4 Å². The molecular weight excluding hydrogens is 263 g/mol. The van der Waals surface area contributed by atoms with Crippen molar-refractivity contribution in [2.75, 3.05) is 0 Å². The van der Waals surface area contributed by atoms with E-state index in [1.165, 1.54) is 17.8 Å². The van der Waals surface area contributed by atoms with Gasteiger partial charge >= 0.3 is 0 Å². The Balaban J connectivity index is 2.32. The molecule has 0 aliphatic carbocycles. The SMILES string of the molecule is Cc1nc(Sc2c(F)cccc2CC(C)N)oc1C. The summed E-state index contributed by atoms with van der Waals surface area (Å²) in [7, 11) is 0. The lowest BCUT2D eigenvalue weighted by atomic mass is 10.1. The molecule has 1 aromatic heterocycles. The fourth-order valence-corrected chi connectivity index (χ4v) is 2.72. The highest BCUT2D eigenvalue weighted by atomic mass is 32.2. The molecule has 2 rings (SSSR count). The third kappa shape index (κ3) is 3.36. The van der Waals surface area contributed by atoms with Crippen molar-refractivity contribution in [1.29, 1.82) is 0 Å². The number of hydrogen-bond acceptors (Lipinski definition) is 4. The van der Waals surface area contributed by atoms with Gasteiger partial charge in [0.15, 0.2) is 0 Å². The summed E-state index contributed by atoms with van der Waals surface area (Å²) in [6.07, 6.45) is 0.624. The summed E-state index contributed by atoms with van der Waals surface area (Å²) >= 11 is 1.21. The van der Waals surface area contributed by atoms with Gasteiger partial charge in [-0.25, -0.2) is 9.37 Å². The molecule has 1 atom stereocenters. The van der Waals surface area contributed by atoms with E-state index in [1.807, 2.05) is 26.8 Å². The van der Waals surface area contributed by atoms with Crippen LogP contribution in [0.3, 0.4) is 0 Å². The number of nitrogens with zero attached hydrogens (tertiary/aromatic N) is 1. The second-order valence-corrected chi connectivity index (χ2v) is 5.59.